The summed E-state index contributed by atoms with van der Waals surface area (Å²) < 4.78 is 5.61. The summed E-state index contributed by atoms with van der Waals surface area (Å²) in [6.45, 7) is 6.69. The van der Waals surface area contributed by atoms with Crippen molar-refractivity contribution in [3.63, 3.8) is 0 Å². The van der Waals surface area contributed by atoms with E-state index in [0.717, 1.165) is 22.6 Å². The second-order valence-electron chi connectivity index (χ2n) is 7.24. The molecule has 1 N–H and O–H groups in total. The van der Waals surface area contributed by atoms with Crippen LogP contribution in [0.1, 0.15) is 28.4 Å². The van der Waals surface area contributed by atoms with Crippen LogP contribution in [0, 0.1) is 0 Å². The van der Waals surface area contributed by atoms with Gasteiger partial charge < -0.3 is 15.0 Å². The van der Waals surface area contributed by atoms with E-state index in [4.69, 9.17) is 4.74 Å². The van der Waals surface area contributed by atoms with E-state index >= 15 is 0 Å². The summed E-state index contributed by atoms with van der Waals surface area (Å²) in [5.41, 5.74) is 2.91. The van der Waals surface area contributed by atoms with Crippen molar-refractivity contribution >= 4 is 11.6 Å². The summed E-state index contributed by atoms with van der Waals surface area (Å²) in [4.78, 5) is 15.4. The number of amides is 1. The molecule has 0 radical (unpaired) electrons. The Balaban J connectivity index is 1.74. The fourth-order valence-corrected chi connectivity index (χ4v) is 3.71. The topological polar surface area (TPSA) is 41.6 Å². The first-order valence-corrected chi connectivity index (χ1v) is 9.69. The maximum absolute atomic E-state index is 13.5. The van der Waals surface area contributed by atoms with Crippen molar-refractivity contribution in [2.45, 2.75) is 19.1 Å². The highest BCUT2D eigenvalue weighted by molar-refractivity contribution is 6.02. The predicted octanol–water partition coefficient (Wildman–Crippen LogP) is 5.19. The zero-order valence-electron chi connectivity index (χ0n) is 16.5. The lowest BCUT2D eigenvalue weighted by molar-refractivity contribution is 0.0509. The Morgan fingerprint density at radius 1 is 1.00 bits per heavy atom. The van der Waals surface area contributed by atoms with E-state index in [-0.39, 0.29) is 5.91 Å². The van der Waals surface area contributed by atoms with E-state index < -0.39 is 5.66 Å². The van der Waals surface area contributed by atoms with E-state index in [1.54, 1.807) is 6.08 Å². The standard InChI is InChI=1S/C25H24N2O2/c1-3-17-29-21-15-13-20(14-16-21)25(2)26-23-12-8-7-11-22(23)24(28)27(25)18-19-9-5-4-6-10-19/h3-16,26H,1,17-18H2,2H3. The number of rotatable bonds is 6. The van der Waals surface area contributed by atoms with Crippen molar-refractivity contribution in [2.24, 2.45) is 0 Å². The number of nitrogens with one attached hydrogen (secondary N) is 1. The Labute approximate surface area is 171 Å². The van der Waals surface area contributed by atoms with Gasteiger partial charge in [0.15, 0.2) is 0 Å². The lowest BCUT2D eigenvalue weighted by Crippen LogP contribution is -2.55. The molecule has 3 aromatic rings. The molecule has 1 amide bonds. The minimum atomic E-state index is -0.696. The highest BCUT2D eigenvalue weighted by atomic mass is 16.5. The molecule has 0 saturated heterocycles. The van der Waals surface area contributed by atoms with Gasteiger partial charge in [0.2, 0.25) is 0 Å². The zero-order chi connectivity index (χ0) is 20.3. The van der Waals surface area contributed by atoms with Gasteiger partial charge in [-0.2, -0.15) is 0 Å². The Hall–Kier alpha value is -3.53. The molecule has 1 aliphatic rings. The van der Waals surface area contributed by atoms with Crippen LogP contribution in [0.4, 0.5) is 5.69 Å². The fourth-order valence-electron chi connectivity index (χ4n) is 3.71. The number of para-hydroxylation sites is 1. The number of anilines is 1. The number of benzene rings is 3. The lowest BCUT2D eigenvalue weighted by atomic mass is 9.93. The SMILES string of the molecule is C=CCOc1ccc(C2(C)Nc3ccccc3C(=O)N2Cc2ccccc2)cc1. The smallest absolute Gasteiger partial charge is 0.258 e. The number of ether oxygens (including phenoxy) is 1. The molecule has 1 atom stereocenters. The molecule has 1 unspecified atom stereocenters. The number of carbonyl (C=O) groups is 1. The normalized spacial score (nSPS) is 18.0. The minimum Gasteiger partial charge on any atom is -0.490 e. The second-order valence-corrected chi connectivity index (χ2v) is 7.24. The monoisotopic (exact) mass is 384 g/mol. The van der Waals surface area contributed by atoms with Crippen LogP contribution in [0.5, 0.6) is 5.75 Å². The maximum atomic E-state index is 13.5. The summed E-state index contributed by atoms with van der Waals surface area (Å²) in [5, 5.41) is 3.60. The molecule has 0 saturated carbocycles. The predicted molar refractivity (Wildman–Crippen MR) is 116 cm³/mol. The molecule has 0 fully saturated rings. The molecular formula is C25H24N2O2. The Morgan fingerprint density at radius 2 is 1.69 bits per heavy atom. The molecule has 0 aliphatic carbocycles. The second kappa shape index (κ2) is 7.84. The molecule has 0 bridgehead atoms. The number of nitrogens with zero attached hydrogens (tertiary/aromatic N) is 1. The molecule has 146 valence electrons. The molecule has 29 heavy (non-hydrogen) atoms. The third-order valence-electron chi connectivity index (χ3n) is 5.29. The first-order chi connectivity index (χ1) is 14.1. The third-order valence-corrected chi connectivity index (χ3v) is 5.29. The van der Waals surface area contributed by atoms with E-state index in [1.165, 1.54) is 0 Å². The first kappa shape index (κ1) is 18.8. The first-order valence-electron chi connectivity index (χ1n) is 9.69. The Kier molecular flexibility index (Phi) is 5.09. The van der Waals surface area contributed by atoms with E-state index in [0.29, 0.717) is 18.7 Å². The van der Waals surface area contributed by atoms with Crippen LogP contribution < -0.4 is 10.1 Å². The molecular weight excluding hydrogens is 360 g/mol. The van der Waals surface area contributed by atoms with Crippen molar-refractivity contribution < 1.29 is 9.53 Å². The van der Waals surface area contributed by atoms with Crippen molar-refractivity contribution in [3.8, 4) is 5.75 Å². The molecule has 4 heteroatoms. The van der Waals surface area contributed by atoms with Crippen LogP contribution in [0.15, 0.2) is 91.5 Å². The van der Waals surface area contributed by atoms with Crippen molar-refractivity contribution in [3.05, 3.63) is 108 Å². The third kappa shape index (κ3) is 3.61. The molecule has 1 aliphatic heterocycles. The Morgan fingerprint density at radius 3 is 2.41 bits per heavy atom. The number of fused-ring (bicyclic) bond motifs is 1. The van der Waals surface area contributed by atoms with Gasteiger partial charge in [0.1, 0.15) is 18.0 Å². The summed E-state index contributed by atoms with van der Waals surface area (Å²) in [5.74, 6) is 0.784. The van der Waals surface area contributed by atoms with Crippen LogP contribution in [-0.4, -0.2) is 17.4 Å². The highest BCUT2D eigenvalue weighted by Gasteiger charge is 2.42. The van der Waals surface area contributed by atoms with Gasteiger partial charge in [-0.15, -0.1) is 0 Å². The number of hydrogen-bond donors (Lipinski definition) is 1. The zero-order valence-corrected chi connectivity index (χ0v) is 16.5. The fraction of sp³-hybridized carbons (Fsp3) is 0.160. The van der Waals surface area contributed by atoms with Gasteiger partial charge in [0, 0.05) is 12.2 Å². The van der Waals surface area contributed by atoms with E-state index in [1.807, 2.05) is 90.7 Å². The average molecular weight is 384 g/mol. The van der Waals surface area contributed by atoms with Gasteiger partial charge in [-0.05, 0) is 42.3 Å². The lowest BCUT2D eigenvalue weighted by Gasteiger charge is -2.47. The molecule has 1 heterocycles. The van der Waals surface area contributed by atoms with Crippen LogP contribution in [0.2, 0.25) is 0 Å². The van der Waals surface area contributed by atoms with Gasteiger partial charge in [0.25, 0.3) is 5.91 Å². The Bertz CT molecular complexity index is 1010. The summed E-state index contributed by atoms with van der Waals surface area (Å²) >= 11 is 0. The molecule has 4 nitrogen and oxygen atoms in total. The largest absolute Gasteiger partial charge is 0.490 e. The van der Waals surface area contributed by atoms with E-state index in [9.17, 15) is 4.79 Å². The molecule has 3 aromatic carbocycles. The van der Waals surface area contributed by atoms with Gasteiger partial charge in [-0.3, -0.25) is 4.79 Å². The van der Waals surface area contributed by atoms with E-state index in [2.05, 4.69) is 11.9 Å². The van der Waals surface area contributed by atoms with Crippen LogP contribution in [0.25, 0.3) is 0 Å². The summed E-state index contributed by atoms with van der Waals surface area (Å²) in [7, 11) is 0. The summed E-state index contributed by atoms with van der Waals surface area (Å²) in [6, 6.07) is 25.6. The highest BCUT2D eigenvalue weighted by Crippen LogP contribution is 2.39. The minimum absolute atomic E-state index is 0.0117. The van der Waals surface area contributed by atoms with Crippen molar-refractivity contribution in [1.82, 2.24) is 4.90 Å². The summed E-state index contributed by atoms with van der Waals surface area (Å²) in [6.07, 6.45) is 1.72. The molecule has 0 aromatic heterocycles. The van der Waals surface area contributed by atoms with Gasteiger partial charge in [-0.1, -0.05) is 67.3 Å². The average Bonchev–Trinajstić information content (AvgIpc) is 2.76. The van der Waals surface area contributed by atoms with Gasteiger partial charge in [0.05, 0.1) is 5.56 Å². The molecule has 4 rings (SSSR count). The van der Waals surface area contributed by atoms with Crippen LogP contribution >= 0.6 is 0 Å². The number of carbonyl (C=O) groups excluding carboxylic acids is 1. The van der Waals surface area contributed by atoms with Gasteiger partial charge in [-0.25, -0.2) is 0 Å². The van der Waals surface area contributed by atoms with Gasteiger partial charge >= 0.3 is 0 Å². The van der Waals surface area contributed by atoms with Crippen molar-refractivity contribution in [2.75, 3.05) is 11.9 Å². The quantitative estimate of drug-likeness (QED) is 0.595. The van der Waals surface area contributed by atoms with Crippen LogP contribution in [0.3, 0.4) is 0 Å². The van der Waals surface area contributed by atoms with Crippen molar-refractivity contribution in [1.29, 1.82) is 0 Å². The maximum Gasteiger partial charge on any atom is 0.258 e. The van der Waals surface area contributed by atoms with Crippen LogP contribution in [-0.2, 0) is 12.2 Å². The number of hydrogen-bond acceptors (Lipinski definition) is 3. The molecule has 0 spiro atoms.